The van der Waals surface area contributed by atoms with Gasteiger partial charge in [-0.3, -0.25) is 14.9 Å². The topological polar surface area (TPSA) is 87.7 Å². The maximum atomic E-state index is 13.7. The molecular weight excluding hydrogens is 474 g/mol. The summed E-state index contributed by atoms with van der Waals surface area (Å²) >= 11 is 11.4. The van der Waals surface area contributed by atoms with E-state index in [9.17, 15) is 27.6 Å². The van der Waals surface area contributed by atoms with Crippen LogP contribution in [0.1, 0.15) is 22.8 Å². The Balaban J connectivity index is 1.71. The van der Waals surface area contributed by atoms with Crippen molar-refractivity contribution in [1.82, 2.24) is 10.6 Å². The number of nitrogens with one attached hydrogen (secondary N) is 2. The van der Waals surface area contributed by atoms with Gasteiger partial charge in [0, 0.05) is 16.9 Å². The van der Waals surface area contributed by atoms with Crippen LogP contribution in [-0.2, 0) is 16.0 Å². The van der Waals surface area contributed by atoms with Gasteiger partial charge in [-0.2, -0.15) is 13.2 Å². The number of rotatable bonds is 2. The van der Waals surface area contributed by atoms with Gasteiger partial charge in [0.05, 0.1) is 12.6 Å². The molecule has 1 unspecified atom stereocenters. The van der Waals surface area contributed by atoms with Crippen molar-refractivity contribution in [3.63, 3.8) is 0 Å². The smallest absolute Gasteiger partial charge is 0.361 e. The molecule has 32 heavy (non-hydrogen) atoms. The number of halogens is 5. The molecule has 3 heterocycles. The third-order valence-corrected chi connectivity index (χ3v) is 7.04. The second-order valence-electron chi connectivity index (χ2n) is 8.31. The van der Waals surface area contributed by atoms with Gasteiger partial charge < -0.3 is 15.0 Å². The standard InChI is InChI=1S/C20H16Cl2F3N3O4/c1-7-13-15-19(14(7)26-18(31)27-17(19)30)5-9-4-8(12(29)16(21)22)2-3-10(9)28(15)6-11(32-13)20(23,24)25/h2-4,11,13,15-16H,5-6H2,1H3,(H2,26,27,30,31)/t11-,13?,15+,19-/m0/s1. The van der Waals surface area contributed by atoms with Crippen molar-refractivity contribution in [1.29, 1.82) is 0 Å². The highest BCUT2D eigenvalue weighted by Gasteiger charge is 2.67. The molecule has 12 heteroatoms. The molecule has 4 aliphatic rings. The lowest BCUT2D eigenvalue weighted by Gasteiger charge is -2.54. The van der Waals surface area contributed by atoms with Crippen molar-refractivity contribution in [2.75, 3.05) is 11.4 Å². The summed E-state index contributed by atoms with van der Waals surface area (Å²) in [6.45, 7) is 1.02. The van der Waals surface area contributed by atoms with Gasteiger partial charge in [0.15, 0.2) is 16.7 Å². The Kier molecular flexibility index (Phi) is 4.61. The maximum absolute atomic E-state index is 13.7. The second kappa shape index (κ2) is 6.85. The van der Waals surface area contributed by atoms with Gasteiger partial charge in [-0.15, -0.1) is 0 Å². The number of nitrogens with zero attached hydrogens (tertiary/aromatic N) is 1. The third-order valence-electron chi connectivity index (χ3n) is 6.64. The zero-order valence-corrected chi connectivity index (χ0v) is 17.9. The normalized spacial score (nSPS) is 31.1. The number of hydrogen-bond donors (Lipinski definition) is 2. The van der Waals surface area contributed by atoms with Crippen molar-refractivity contribution in [2.24, 2.45) is 5.41 Å². The first-order chi connectivity index (χ1) is 14.9. The number of ether oxygens (including phenoxy) is 1. The first kappa shape index (κ1) is 21.5. The highest BCUT2D eigenvalue weighted by atomic mass is 35.5. The molecule has 1 aromatic carbocycles. The van der Waals surface area contributed by atoms with Crippen molar-refractivity contribution < 1.29 is 32.3 Å². The Morgan fingerprint density at radius 1 is 1.28 bits per heavy atom. The molecule has 0 aromatic heterocycles. The third kappa shape index (κ3) is 2.82. The fourth-order valence-corrected chi connectivity index (χ4v) is 5.61. The minimum Gasteiger partial charge on any atom is -0.361 e. The summed E-state index contributed by atoms with van der Waals surface area (Å²) in [5.41, 5.74) is 0.327. The van der Waals surface area contributed by atoms with Crippen molar-refractivity contribution >= 4 is 46.6 Å². The number of imide groups is 1. The number of hydrogen-bond acceptors (Lipinski definition) is 5. The van der Waals surface area contributed by atoms with Crippen LogP contribution < -0.4 is 15.5 Å². The number of morpholine rings is 1. The summed E-state index contributed by atoms with van der Waals surface area (Å²) in [6, 6.07) is 2.92. The lowest BCUT2D eigenvalue weighted by molar-refractivity contribution is -0.237. The minimum atomic E-state index is -4.64. The summed E-state index contributed by atoms with van der Waals surface area (Å²) in [6.07, 6.45) is -7.74. The van der Waals surface area contributed by atoms with Crippen molar-refractivity contribution in [2.45, 2.75) is 42.6 Å². The monoisotopic (exact) mass is 489 g/mol. The van der Waals surface area contributed by atoms with E-state index in [2.05, 4.69) is 10.6 Å². The van der Waals surface area contributed by atoms with Crippen LogP contribution in [-0.4, -0.2) is 53.5 Å². The van der Waals surface area contributed by atoms with Crippen molar-refractivity contribution in [3.05, 3.63) is 40.6 Å². The molecule has 3 amide bonds. The van der Waals surface area contributed by atoms with E-state index in [1.54, 1.807) is 6.92 Å². The van der Waals surface area contributed by atoms with Gasteiger partial charge in [0.2, 0.25) is 5.91 Å². The van der Waals surface area contributed by atoms with Crippen LogP contribution in [0.25, 0.3) is 0 Å². The summed E-state index contributed by atoms with van der Waals surface area (Å²) in [4.78, 5) is 37.7. The van der Waals surface area contributed by atoms with Gasteiger partial charge in [0.1, 0.15) is 11.5 Å². The van der Waals surface area contributed by atoms with Gasteiger partial charge in [-0.05, 0) is 42.7 Å². The van der Waals surface area contributed by atoms with E-state index in [0.29, 0.717) is 16.8 Å². The van der Waals surface area contributed by atoms with Crippen LogP contribution in [0.2, 0.25) is 0 Å². The minimum absolute atomic E-state index is 0.0508. The number of benzene rings is 1. The molecule has 0 radical (unpaired) electrons. The van der Waals surface area contributed by atoms with E-state index in [1.807, 2.05) is 0 Å². The Morgan fingerprint density at radius 2 is 2.00 bits per heavy atom. The number of ketones is 1. The fraction of sp³-hybridized carbons (Fsp3) is 0.450. The van der Waals surface area contributed by atoms with E-state index < -0.39 is 58.9 Å². The molecule has 2 saturated heterocycles. The molecule has 1 aliphatic carbocycles. The molecule has 0 saturated carbocycles. The quantitative estimate of drug-likeness (QED) is 0.492. The SMILES string of the molecule is CC1=C2NC(=O)NC(=O)[C@@]23Cc2cc(C(=O)C(Cl)Cl)ccc2N2C[C@@H](C(F)(F)F)OC1[C@@H]23. The van der Waals surface area contributed by atoms with Gasteiger partial charge >= 0.3 is 12.2 Å². The number of urea groups is 1. The average Bonchev–Trinajstić information content (AvgIpc) is 2.96. The largest absolute Gasteiger partial charge is 0.416 e. The van der Waals surface area contributed by atoms with Crippen molar-refractivity contribution in [3.8, 4) is 0 Å². The number of amides is 3. The lowest BCUT2D eigenvalue weighted by atomic mass is 9.69. The van der Waals surface area contributed by atoms with E-state index >= 15 is 0 Å². The van der Waals surface area contributed by atoms with Crippen LogP contribution >= 0.6 is 23.2 Å². The number of anilines is 1. The summed E-state index contributed by atoms with van der Waals surface area (Å²) < 4.78 is 46.6. The van der Waals surface area contributed by atoms with E-state index in [1.165, 1.54) is 23.1 Å². The van der Waals surface area contributed by atoms with Crippen LogP contribution in [0.4, 0.5) is 23.7 Å². The zero-order valence-electron chi connectivity index (χ0n) is 16.4. The summed E-state index contributed by atoms with van der Waals surface area (Å²) in [5, 5.41) is 4.85. The highest BCUT2D eigenvalue weighted by Crippen LogP contribution is 2.56. The van der Waals surface area contributed by atoms with E-state index in [4.69, 9.17) is 27.9 Å². The van der Waals surface area contributed by atoms with E-state index in [0.717, 1.165) is 0 Å². The van der Waals surface area contributed by atoms with Crippen LogP contribution in [0.3, 0.4) is 0 Å². The fourth-order valence-electron chi connectivity index (χ4n) is 5.36. The maximum Gasteiger partial charge on any atom is 0.416 e. The van der Waals surface area contributed by atoms with Crippen LogP contribution in [0.15, 0.2) is 29.5 Å². The molecule has 5 rings (SSSR count). The van der Waals surface area contributed by atoms with Crippen LogP contribution in [0.5, 0.6) is 0 Å². The number of carbonyl (C=O) groups excluding carboxylic acids is 3. The number of alkyl halides is 5. The van der Waals surface area contributed by atoms with Gasteiger partial charge in [0.25, 0.3) is 0 Å². The Bertz CT molecular complexity index is 1110. The van der Waals surface area contributed by atoms with Gasteiger partial charge in [-0.1, -0.05) is 23.2 Å². The average molecular weight is 490 g/mol. The number of Topliss-reactive ketones (excluding diaryl/α,β-unsaturated/α-hetero) is 1. The molecule has 0 bridgehead atoms. The number of carbonyl (C=O) groups is 3. The molecule has 1 spiro atoms. The molecular formula is C20H16Cl2F3N3O4. The molecule has 2 fully saturated rings. The van der Waals surface area contributed by atoms with Crippen LogP contribution in [0, 0.1) is 5.41 Å². The zero-order chi connectivity index (χ0) is 23.2. The van der Waals surface area contributed by atoms with E-state index in [-0.39, 0.29) is 17.7 Å². The second-order valence-corrected chi connectivity index (χ2v) is 9.40. The Morgan fingerprint density at radius 3 is 2.66 bits per heavy atom. The molecule has 2 N–H and O–H groups in total. The number of fused-ring (bicyclic) bond motifs is 2. The highest BCUT2D eigenvalue weighted by molar-refractivity contribution is 6.55. The first-order valence-corrected chi connectivity index (χ1v) is 10.6. The summed E-state index contributed by atoms with van der Waals surface area (Å²) in [7, 11) is 0. The molecule has 3 aliphatic heterocycles. The molecule has 170 valence electrons. The Hall–Kier alpha value is -2.30. The molecule has 7 nitrogen and oxygen atoms in total. The molecule has 1 aromatic rings. The summed E-state index contributed by atoms with van der Waals surface area (Å²) in [5.74, 6) is -1.19. The Labute approximate surface area is 189 Å². The predicted molar refractivity (Wildman–Crippen MR) is 108 cm³/mol. The molecule has 4 atom stereocenters. The lowest BCUT2D eigenvalue weighted by Crippen LogP contribution is -2.70. The first-order valence-electron chi connectivity index (χ1n) is 9.73. The van der Waals surface area contributed by atoms with Gasteiger partial charge in [-0.25, -0.2) is 4.79 Å². The predicted octanol–water partition coefficient (Wildman–Crippen LogP) is 2.85.